The molecule has 1 aromatic heterocycles. The summed E-state index contributed by atoms with van der Waals surface area (Å²) in [6.45, 7) is 1.05. The van der Waals surface area contributed by atoms with Gasteiger partial charge in [-0.1, -0.05) is 0 Å². The standard InChI is InChI=1S/C19H22F3N7O/c20-19(21,22)16-11-29-15(9-27-17(29)10-26-16)18-24-4-1-14(28-18)12(7-23)8-25-13-2-5-30-6-3-13/h1,4,7-10,13,16,18,28H,2-3,5-6,11,23H2. The first kappa shape index (κ1) is 20.3. The van der Waals surface area contributed by atoms with Crippen LogP contribution in [0.1, 0.15) is 30.5 Å². The van der Waals surface area contributed by atoms with Gasteiger partial charge in [-0.15, -0.1) is 0 Å². The number of nitrogens with one attached hydrogen (secondary N) is 1. The van der Waals surface area contributed by atoms with Crippen LogP contribution in [0.3, 0.4) is 0 Å². The fourth-order valence-corrected chi connectivity index (χ4v) is 3.48. The number of aromatic nitrogens is 2. The van der Waals surface area contributed by atoms with E-state index in [4.69, 9.17) is 10.5 Å². The predicted octanol–water partition coefficient (Wildman–Crippen LogP) is 1.90. The van der Waals surface area contributed by atoms with E-state index in [1.165, 1.54) is 17.0 Å². The van der Waals surface area contributed by atoms with Gasteiger partial charge in [-0.25, -0.2) is 4.98 Å². The number of aliphatic imine (C=N–C) groups is 3. The van der Waals surface area contributed by atoms with Crippen molar-refractivity contribution in [3.63, 3.8) is 0 Å². The highest BCUT2D eigenvalue weighted by Gasteiger charge is 2.42. The van der Waals surface area contributed by atoms with E-state index in [-0.39, 0.29) is 12.6 Å². The zero-order chi connectivity index (χ0) is 21.1. The van der Waals surface area contributed by atoms with Crippen molar-refractivity contribution in [2.75, 3.05) is 13.2 Å². The molecule has 0 aliphatic carbocycles. The third kappa shape index (κ3) is 4.30. The van der Waals surface area contributed by atoms with Crippen LogP contribution >= 0.6 is 0 Å². The molecule has 0 radical (unpaired) electrons. The van der Waals surface area contributed by atoms with Gasteiger partial charge in [0.15, 0.2) is 18.0 Å². The van der Waals surface area contributed by atoms with Crippen molar-refractivity contribution in [1.29, 1.82) is 0 Å². The lowest BCUT2D eigenvalue weighted by Crippen LogP contribution is -2.36. The third-order valence-corrected chi connectivity index (χ3v) is 5.18. The summed E-state index contributed by atoms with van der Waals surface area (Å²) < 4.78 is 46.2. The Morgan fingerprint density at radius 3 is 2.83 bits per heavy atom. The van der Waals surface area contributed by atoms with Crippen molar-refractivity contribution < 1.29 is 17.9 Å². The Labute approximate surface area is 171 Å². The molecule has 3 aliphatic rings. The molecular weight excluding hydrogens is 399 g/mol. The van der Waals surface area contributed by atoms with Crippen LogP contribution in [0, 0.1) is 0 Å². The van der Waals surface area contributed by atoms with E-state index in [1.807, 2.05) is 0 Å². The van der Waals surface area contributed by atoms with Gasteiger partial charge in [-0.3, -0.25) is 15.0 Å². The lowest BCUT2D eigenvalue weighted by atomic mass is 10.1. The molecule has 1 saturated heterocycles. The highest BCUT2D eigenvalue weighted by molar-refractivity contribution is 5.88. The first-order chi connectivity index (χ1) is 14.5. The number of hydrogen-bond acceptors (Lipinski definition) is 7. The molecule has 3 aliphatic heterocycles. The van der Waals surface area contributed by atoms with Crippen LogP contribution in [-0.2, 0) is 11.3 Å². The summed E-state index contributed by atoms with van der Waals surface area (Å²) in [5.41, 5.74) is 7.67. The lowest BCUT2D eigenvalue weighted by Gasteiger charge is -2.26. The second-order valence-corrected chi connectivity index (χ2v) is 7.16. The molecule has 30 heavy (non-hydrogen) atoms. The maximum absolute atomic E-state index is 13.1. The van der Waals surface area contributed by atoms with Gasteiger partial charge < -0.3 is 20.4 Å². The minimum atomic E-state index is -4.42. The molecule has 0 spiro atoms. The molecule has 0 bridgehead atoms. The summed E-state index contributed by atoms with van der Waals surface area (Å²) in [5, 5.41) is 3.21. The number of halogens is 3. The smallest absolute Gasteiger partial charge is 0.404 e. The second kappa shape index (κ2) is 8.42. The summed E-state index contributed by atoms with van der Waals surface area (Å²) in [5.74, 6) is 0.370. The Morgan fingerprint density at radius 2 is 2.10 bits per heavy atom. The van der Waals surface area contributed by atoms with Crippen molar-refractivity contribution in [3.8, 4) is 0 Å². The van der Waals surface area contributed by atoms with Gasteiger partial charge >= 0.3 is 6.18 Å². The summed E-state index contributed by atoms with van der Waals surface area (Å²) in [6, 6.07) is -1.62. The monoisotopic (exact) mass is 421 g/mol. The van der Waals surface area contributed by atoms with Gasteiger partial charge in [-0.05, 0) is 18.9 Å². The molecule has 2 unspecified atom stereocenters. The van der Waals surface area contributed by atoms with E-state index >= 15 is 0 Å². The number of hydrogen-bond donors (Lipinski definition) is 2. The first-order valence-corrected chi connectivity index (χ1v) is 9.64. The van der Waals surface area contributed by atoms with E-state index in [9.17, 15) is 13.2 Å². The zero-order valence-corrected chi connectivity index (χ0v) is 16.1. The minimum absolute atomic E-state index is 0.183. The molecule has 160 valence electrons. The van der Waals surface area contributed by atoms with Crippen LogP contribution < -0.4 is 11.1 Å². The van der Waals surface area contributed by atoms with Gasteiger partial charge in [0, 0.05) is 43.1 Å². The highest BCUT2D eigenvalue weighted by atomic mass is 19.4. The Bertz CT molecular complexity index is 923. The largest absolute Gasteiger partial charge is 0.412 e. The number of nitrogens with two attached hydrogens (primary N) is 1. The van der Waals surface area contributed by atoms with Crippen LogP contribution in [-0.4, -0.2) is 59.7 Å². The summed E-state index contributed by atoms with van der Waals surface area (Å²) in [4.78, 5) is 16.7. The lowest BCUT2D eigenvalue weighted by molar-refractivity contribution is -0.150. The van der Waals surface area contributed by atoms with Crippen LogP contribution in [0.2, 0.25) is 0 Å². The average molecular weight is 421 g/mol. The number of imidazole rings is 1. The topological polar surface area (TPSA) is 102 Å². The highest BCUT2D eigenvalue weighted by Crippen LogP contribution is 2.29. The average Bonchev–Trinajstić information content (AvgIpc) is 3.18. The number of allylic oxidation sites excluding steroid dienone is 2. The van der Waals surface area contributed by atoms with Crippen molar-refractivity contribution >= 4 is 18.6 Å². The molecule has 3 N–H and O–H groups in total. The molecule has 0 aromatic carbocycles. The molecule has 2 atom stereocenters. The fourth-order valence-electron chi connectivity index (χ4n) is 3.48. The fraction of sp³-hybridized carbons (Fsp3) is 0.474. The summed E-state index contributed by atoms with van der Waals surface area (Å²) in [7, 11) is 0. The van der Waals surface area contributed by atoms with Crippen LogP contribution in [0.5, 0.6) is 0 Å². The molecule has 4 heterocycles. The molecule has 1 fully saturated rings. The van der Waals surface area contributed by atoms with E-state index in [0.717, 1.165) is 19.1 Å². The molecule has 11 heteroatoms. The maximum atomic E-state index is 13.1. The van der Waals surface area contributed by atoms with Gasteiger partial charge in [0.05, 0.1) is 30.7 Å². The van der Waals surface area contributed by atoms with Crippen LogP contribution in [0.4, 0.5) is 13.2 Å². The number of rotatable bonds is 4. The normalized spacial score (nSPS) is 25.3. The van der Waals surface area contributed by atoms with Crippen molar-refractivity contribution in [1.82, 2.24) is 14.9 Å². The Morgan fingerprint density at radius 1 is 1.30 bits per heavy atom. The number of fused-ring (bicyclic) bond motifs is 1. The van der Waals surface area contributed by atoms with Crippen LogP contribution in [0.25, 0.3) is 0 Å². The molecule has 0 amide bonds. The number of ether oxygens (including phenoxy) is 1. The number of alkyl halides is 3. The third-order valence-electron chi connectivity index (χ3n) is 5.18. The Balaban J connectivity index is 1.49. The second-order valence-electron chi connectivity index (χ2n) is 7.16. The predicted molar refractivity (Wildman–Crippen MR) is 107 cm³/mol. The van der Waals surface area contributed by atoms with Crippen molar-refractivity contribution in [2.45, 2.75) is 43.8 Å². The zero-order valence-electron chi connectivity index (χ0n) is 16.1. The van der Waals surface area contributed by atoms with Gasteiger partial charge in [0.1, 0.15) is 0 Å². The Hall–Kier alpha value is -2.95. The number of nitrogens with zero attached hydrogens (tertiary/aromatic N) is 5. The van der Waals surface area contributed by atoms with Gasteiger partial charge in [-0.2, -0.15) is 13.2 Å². The van der Waals surface area contributed by atoms with Crippen LogP contribution in [0.15, 0.2) is 44.7 Å². The molecule has 4 rings (SSSR count). The molecular formula is C19H22F3N7O. The minimum Gasteiger partial charge on any atom is -0.404 e. The summed E-state index contributed by atoms with van der Waals surface area (Å²) in [6.07, 6.45) is 5.86. The molecule has 0 saturated carbocycles. The van der Waals surface area contributed by atoms with Gasteiger partial charge in [0.2, 0.25) is 0 Å². The molecule has 8 nitrogen and oxygen atoms in total. The maximum Gasteiger partial charge on any atom is 0.412 e. The quantitative estimate of drug-likeness (QED) is 0.725. The van der Waals surface area contributed by atoms with E-state index in [0.29, 0.717) is 36.0 Å². The van der Waals surface area contributed by atoms with Gasteiger partial charge in [0.25, 0.3) is 0 Å². The SMILES string of the molecule is NC=C(C=NC1CCOCC1)C1=CC=NC(c2cnc3n2CC(C(F)(F)F)N=C3)N1. The van der Waals surface area contributed by atoms with E-state index in [1.54, 1.807) is 18.5 Å². The van der Waals surface area contributed by atoms with Crippen molar-refractivity contribution in [3.05, 3.63) is 41.3 Å². The van der Waals surface area contributed by atoms with E-state index in [2.05, 4.69) is 25.3 Å². The Kier molecular flexibility index (Phi) is 5.71. The van der Waals surface area contributed by atoms with E-state index < -0.39 is 18.4 Å². The summed E-state index contributed by atoms with van der Waals surface area (Å²) >= 11 is 0. The van der Waals surface area contributed by atoms with Crippen molar-refractivity contribution in [2.24, 2.45) is 20.7 Å². The molecule has 1 aromatic rings. The first-order valence-electron chi connectivity index (χ1n) is 9.64.